The number of benzene rings is 1. The van der Waals surface area contributed by atoms with E-state index in [-0.39, 0.29) is 11.4 Å². The van der Waals surface area contributed by atoms with Crippen LogP contribution in [0.5, 0.6) is 0 Å². The van der Waals surface area contributed by atoms with Gasteiger partial charge >= 0.3 is 6.18 Å². The molecule has 1 aliphatic rings. The van der Waals surface area contributed by atoms with Crippen LogP contribution in [0.4, 0.5) is 19.0 Å². The summed E-state index contributed by atoms with van der Waals surface area (Å²) < 4.78 is 41.0. The van der Waals surface area contributed by atoms with Gasteiger partial charge in [0.25, 0.3) is 0 Å². The number of hydrogen-bond acceptors (Lipinski definition) is 4. The average molecular weight is 319 g/mol. The highest BCUT2D eigenvalue weighted by atomic mass is 19.4. The quantitative estimate of drug-likeness (QED) is 0.804. The van der Waals surface area contributed by atoms with Crippen molar-refractivity contribution in [3.63, 3.8) is 0 Å². The van der Waals surface area contributed by atoms with Gasteiger partial charge in [0.05, 0.1) is 5.56 Å². The zero-order valence-corrected chi connectivity index (χ0v) is 11.9. The molecule has 0 spiro atoms. The largest absolute Gasteiger partial charge is 0.417 e. The molecular formula is C15H12F3N5. The van der Waals surface area contributed by atoms with Crippen LogP contribution >= 0.6 is 0 Å². The van der Waals surface area contributed by atoms with E-state index in [1.807, 2.05) is 0 Å². The molecule has 0 aliphatic heterocycles. The van der Waals surface area contributed by atoms with E-state index in [9.17, 15) is 13.2 Å². The maximum absolute atomic E-state index is 13.2. The fraction of sp³-hybridized carbons (Fsp3) is 0.267. The van der Waals surface area contributed by atoms with Crippen molar-refractivity contribution in [3.05, 3.63) is 42.0 Å². The Kier molecular flexibility index (Phi) is 3.00. The second-order valence-electron chi connectivity index (χ2n) is 5.47. The molecule has 0 amide bonds. The summed E-state index contributed by atoms with van der Waals surface area (Å²) in [5.74, 6) is 0.679. The van der Waals surface area contributed by atoms with Crippen LogP contribution in [0.2, 0.25) is 0 Å². The molecule has 2 aromatic heterocycles. The minimum Gasteiger partial charge on any atom is -0.366 e. The minimum atomic E-state index is -4.47. The molecule has 1 N–H and O–H groups in total. The molecule has 118 valence electrons. The highest BCUT2D eigenvalue weighted by molar-refractivity contribution is 5.64. The Bertz CT molecular complexity index is 867. The summed E-state index contributed by atoms with van der Waals surface area (Å²) in [7, 11) is 0. The van der Waals surface area contributed by atoms with Crippen molar-refractivity contribution in [1.29, 1.82) is 0 Å². The first-order valence-electron chi connectivity index (χ1n) is 7.18. The van der Waals surface area contributed by atoms with E-state index in [0.29, 0.717) is 17.5 Å². The number of hydrogen-bond donors (Lipinski definition) is 1. The number of fused-ring (bicyclic) bond motifs is 1. The summed E-state index contributed by atoms with van der Waals surface area (Å²) in [5, 5.41) is 15.3. The third-order valence-electron chi connectivity index (χ3n) is 3.67. The van der Waals surface area contributed by atoms with Crippen LogP contribution in [0.25, 0.3) is 17.0 Å². The molecule has 1 saturated carbocycles. The molecule has 1 aliphatic carbocycles. The van der Waals surface area contributed by atoms with Gasteiger partial charge in [-0.15, -0.1) is 15.3 Å². The lowest BCUT2D eigenvalue weighted by Gasteiger charge is -2.11. The highest BCUT2D eigenvalue weighted by Gasteiger charge is 2.34. The molecule has 2 heterocycles. The molecule has 0 radical (unpaired) electrons. The normalized spacial score (nSPS) is 15.1. The second kappa shape index (κ2) is 4.94. The lowest BCUT2D eigenvalue weighted by Crippen LogP contribution is -2.09. The van der Waals surface area contributed by atoms with Crippen LogP contribution in [0.1, 0.15) is 18.4 Å². The predicted molar refractivity (Wildman–Crippen MR) is 77.9 cm³/mol. The molecule has 5 nitrogen and oxygen atoms in total. The summed E-state index contributed by atoms with van der Waals surface area (Å²) in [4.78, 5) is 0. The van der Waals surface area contributed by atoms with Gasteiger partial charge in [-0.05, 0) is 31.0 Å². The summed E-state index contributed by atoms with van der Waals surface area (Å²) in [6, 6.07) is 9.13. The smallest absolute Gasteiger partial charge is 0.366 e. The Morgan fingerprint density at radius 1 is 1.04 bits per heavy atom. The first-order chi connectivity index (χ1) is 11.0. The third-order valence-corrected chi connectivity index (χ3v) is 3.67. The minimum absolute atomic E-state index is 0.0384. The van der Waals surface area contributed by atoms with Gasteiger partial charge in [-0.1, -0.05) is 18.2 Å². The summed E-state index contributed by atoms with van der Waals surface area (Å²) in [6.45, 7) is 0. The van der Waals surface area contributed by atoms with Gasteiger partial charge in [-0.25, -0.2) is 0 Å². The zero-order chi connectivity index (χ0) is 16.0. The molecule has 8 heteroatoms. The van der Waals surface area contributed by atoms with E-state index in [4.69, 9.17) is 0 Å². The van der Waals surface area contributed by atoms with Gasteiger partial charge in [0.2, 0.25) is 0 Å². The van der Waals surface area contributed by atoms with Crippen molar-refractivity contribution in [1.82, 2.24) is 19.8 Å². The Morgan fingerprint density at radius 2 is 1.83 bits per heavy atom. The van der Waals surface area contributed by atoms with Crippen molar-refractivity contribution in [2.24, 2.45) is 0 Å². The highest BCUT2D eigenvalue weighted by Crippen LogP contribution is 2.36. The van der Waals surface area contributed by atoms with Crippen molar-refractivity contribution in [2.45, 2.75) is 25.1 Å². The molecule has 0 unspecified atom stereocenters. The van der Waals surface area contributed by atoms with Crippen LogP contribution in [0, 0.1) is 0 Å². The van der Waals surface area contributed by atoms with E-state index >= 15 is 0 Å². The number of rotatable bonds is 3. The van der Waals surface area contributed by atoms with Crippen molar-refractivity contribution < 1.29 is 13.2 Å². The number of alkyl halides is 3. The standard InChI is InChI=1S/C15H12F3N5/c16-15(17,18)11-4-2-1-3-10(11)14-21-20-13-8-7-12(22-23(13)14)19-9-5-6-9/h1-4,7-9H,5-6H2,(H,19,22). The first-order valence-corrected chi connectivity index (χ1v) is 7.18. The topological polar surface area (TPSA) is 55.1 Å². The SMILES string of the molecule is FC(F)(F)c1ccccc1-c1nnc2ccc(NC3CC3)nn12. The van der Waals surface area contributed by atoms with Gasteiger partial charge in [0.1, 0.15) is 5.82 Å². The van der Waals surface area contributed by atoms with Gasteiger partial charge in [0.15, 0.2) is 11.5 Å². The number of anilines is 1. The number of nitrogens with one attached hydrogen (secondary N) is 1. The predicted octanol–water partition coefficient (Wildman–Crippen LogP) is 3.38. The van der Waals surface area contributed by atoms with Crippen LogP contribution < -0.4 is 5.32 Å². The third kappa shape index (κ3) is 2.60. The number of nitrogens with zero attached hydrogens (tertiary/aromatic N) is 4. The molecule has 0 atom stereocenters. The summed E-state index contributed by atoms with van der Waals surface area (Å²) in [5.41, 5.74) is -0.390. The van der Waals surface area contributed by atoms with Crippen molar-refractivity contribution in [3.8, 4) is 11.4 Å². The maximum atomic E-state index is 13.2. The molecular weight excluding hydrogens is 307 g/mol. The fourth-order valence-corrected chi connectivity index (χ4v) is 2.40. The van der Waals surface area contributed by atoms with Gasteiger partial charge in [0, 0.05) is 11.6 Å². The van der Waals surface area contributed by atoms with E-state index in [0.717, 1.165) is 18.9 Å². The van der Waals surface area contributed by atoms with Crippen molar-refractivity contribution >= 4 is 11.5 Å². The monoisotopic (exact) mass is 319 g/mol. The van der Waals surface area contributed by atoms with Gasteiger partial charge in [-0.2, -0.15) is 17.7 Å². The molecule has 1 aromatic carbocycles. The van der Waals surface area contributed by atoms with E-state index in [1.165, 1.54) is 22.7 Å². The van der Waals surface area contributed by atoms with E-state index in [1.54, 1.807) is 12.1 Å². The Hall–Kier alpha value is -2.64. The van der Waals surface area contributed by atoms with Crippen LogP contribution in [-0.4, -0.2) is 25.9 Å². The summed E-state index contributed by atoms with van der Waals surface area (Å²) >= 11 is 0. The van der Waals surface area contributed by atoms with Crippen LogP contribution in [0.15, 0.2) is 36.4 Å². The van der Waals surface area contributed by atoms with Crippen LogP contribution in [0.3, 0.4) is 0 Å². The Balaban J connectivity index is 1.85. The van der Waals surface area contributed by atoms with Gasteiger partial charge in [-0.3, -0.25) is 0 Å². The summed E-state index contributed by atoms with van der Waals surface area (Å²) in [6.07, 6.45) is -2.32. The molecule has 1 fully saturated rings. The Morgan fingerprint density at radius 3 is 2.57 bits per heavy atom. The van der Waals surface area contributed by atoms with Crippen LogP contribution in [-0.2, 0) is 6.18 Å². The maximum Gasteiger partial charge on any atom is 0.417 e. The Labute approximate surface area is 129 Å². The van der Waals surface area contributed by atoms with E-state index in [2.05, 4.69) is 20.6 Å². The van der Waals surface area contributed by atoms with Gasteiger partial charge < -0.3 is 5.32 Å². The molecule has 4 rings (SSSR count). The molecule has 0 saturated heterocycles. The second-order valence-corrected chi connectivity index (χ2v) is 5.47. The average Bonchev–Trinajstić information content (AvgIpc) is 3.23. The number of aromatic nitrogens is 4. The van der Waals surface area contributed by atoms with E-state index < -0.39 is 11.7 Å². The number of halogens is 3. The first kappa shape index (κ1) is 14.0. The fourth-order valence-electron chi connectivity index (χ4n) is 2.40. The molecule has 3 aromatic rings. The molecule has 23 heavy (non-hydrogen) atoms. The zero-order valence-electron chi connectivity index (χ0n) is 11.9. The lowest BCUT2D eigenvalue weighted by molar-refractivity contribution is -0.137. The van der Waals surface area contributed by atoms with Crippen molar-refractivity contribution in [2.75, 3.05) is 5.32 Å². The molecule has 0 bridgehead atoms. The lowest BCUT2D eigenvalue weighted by atomic mass is 10.1.